The number of nitrogen functional groups attached to an aromatic ring is 1. The van der Waals surface area contributed by atoms with E-state index >= 15 is 0 Å². The molecule has 0 radical (unpaired) electrons. The second-order valence-corrected chi connectivity index (χ2v) is 4.84. The average Bonchev–Trinajstić information content (AvgIpc) is 2.26. The normalized spacial score (nSPS) is 18.9. The minimum absolute atomic E-state index is 0.244. The van der Waals surface area contributed by atoms with Gasteiger partial charge in [0.2, 0.25) is 11.9 Å². The molecule has 94 valence electrons. The maximum Gasteiger partial charge on any atom is 0.227 e. The molecule has 0 atom stereocenters. The standard InChI is InChI=1S/C11H19N5O/c1-8-14-9(12)16-10(15-8)13-7-11(2)3-5-17-6-4-11/h3-7H2,1-2H3,(H3,12,13,14,15,16). The van der Waals surface area contributed by atoms with Crippen LogP contribution in [-0.2, 0) is 4.74 Å². The second kappa shape index (κ2) is 4.83. The quantitative estimate of drug-likeness (QED) is 0.815. The predicted molar refractivity (Wildman–Crippen MR) is 65.6 cm³/mol. The first kappa shape index (κ1) is 12.0. The molecule has 2 rings (SSSR count). The molecule has 3 N–H and O–H groups in total. The van der Waals surface area contributed by atoms with Gasteiger partial charge in [-0.25, -0.2) is 0 Å². The first-order valence-electron chi connectivity index (χ1n) is 5.87. The summed E-state index contributed by atoms with van der Waals surface area (Å²) in [5.74, 6) is 1.46. The summed E-state index contributed by atoms with van der Waals surface area (Å²) in [4.78, 5) is 12.2. The van der Waals surface area contributed by atoms with Gasteiger partial charge in [0.15, 0.2) is 0 Å². The van der Waals surface area contributed by atoms with Gasteiger partial charge >= 0.3 is 0 Å². The zero-order valence-electron chi connectivity index (χ0n) is 10.4. The topological polar surface area (TPSA) is 86.0 Å². The number of aryl methyl sites for hydroxylation is 1. The molecule has 1 fully saturated rings. The van der Waals surface area contributed by atoms with Gasteiger partial charge in [0.25, 0.3) is 0 Å². The Morgan fingerprint density at radius 1 is 1.29 bits per heavy atom. The molecule has 6 heteroatoms. The van der Waals surface area contributed by atoms with Gasteiger partial charge in [-0.15, -0.1) is 0 Å². The molecule has 0 amide bonds. The number of hydrogen-bond donors (Lipinski definition) is 2. The van der Waals surface area contributed by atoms with E-state index in [9.17, 15) is 0 Å². The van der Waals surface area contributed by atoms with Gasteiger partial charge in [-0.05, 0) is 25.2 Å². The van der Waals surface area contributed by atoms with Gasteiger partial charge < -0.3 is 15.8 Å². The second-order valence-electron chi connectivity index (χ2n) is 4.84. The molecule has 1 saturated heterocycles. The summed E-state index contributed by atoms with van der Waals surface area (Å²) in [7, 11) is 0. The molecule has 2 heterocycles. The SMILES string of the molecule is Cc1nc(N)nc(NCC2(C)CCOCC2)n1. The Morgan fingerprint density at radius 2 is 2.00 bits per heavy atom. The summed E-state index contributed by atoms with van der Waals surface area (Å²) in [5, 5.41) is 3.24. The van der Waals surface area contributed by atoms with Crippen LogP contribution in [0.4, 0.5) is 11.9 Å². The van der Waals surface area contributed by atoms with Crippen molar-refractivity contribution in [2.75, 3.05) is 30.8 Å². The van der Waals surface area contributed by atoms with Crippen molar-refractivity contribution in [3.63, 3.8) is 0 Å². The monoisotopic (exact) mass is 237 g/mol. The van der Waals surface area contributed by atoms with Crippen LogP contribution in [0.15, 0.2) is 0 Å². The number of nitrogens with two attached hydrogens (primary N) is 1. The van der Waals surface area contributed by atoms with Gasteiger partial charge in [-0.3, -0.25) is 0 Å². The third-order valence-electron chi connectivity index (χ3n) is 3.14. The van der Waals surface area contributed by atoms with Crippen LogP contribution in [0.25, 0.3) is 0 Å². The van der Waals surface area contributed by atoms with Crippen molar-refractivity contribution in [1.82, 2.24) is 15.0 Å². The van der Waals surface area contributed by atoms with E-state index in [1.165, 1.54) is 0 Å². The van der Waals surface area contributed by atoms with Crippen LogP contribution in [0.2, 0.25) is 0 Å². The zero-order valence-corrected chi connectivity index (χ0v) is 10.4. The third kappa shape index (κ3) is 3.26. The third-order valence-corrected chi connectivity index (χ3v) is 3.14. The summed E-state index contributed by atoms with van der Waals surface area (Å²) in [5.41, 5.74) is 5.82. The average molecular weight is 237 g/mol. The summed E-state index contributed by atoms with van der Waals surface area (Å²) in [6, 6.07) is 0. The number of anilines is 2. The van der Waals surface area contributed by atoms with Crippen LogP contribution in [0.1, 0.15) is 25.6 Å². The van der Waals surface area contributed by atoms with Crippen molar-refractivity contribution in [3.05, 3.63) is 5.82 Å². The zero-order chi connectivity index (χ0) is 12.3. The fourth-order valence-electron chi connectivity index (χ4n) is 1.92. The lowest BCUT2D eigenvalue weighted by atomic mass is 9.82. The summed E-state index contributed by atoms with van der Waals surface area (Å²) in [6.45, 7) is 6.55. The van der Waals surface area contributed by atoms with Crippen molar-refractivity contribution in [1.29, 1.82) is 0 Å². The lowest BCUT2D eigenvalue weighted by Crippen LogP contribution is -2.33. The van der Waals surface area contributed by atoms with Gasteiger partial charge in [-0.2, -0.15) is 15.0 Å². The number of ether oxygens (including phenoxy) is 1. The van der Waals surface area contributed by atoms with Gasteiger partial charge in [0.05, 0.1) is 0 Å². The largest absolute Gasteiger partial charge is 0.381 e. The highest BCUT2D eigenvalue weighted by molar-refractivity contribution is 5.31. The molecule has 0 aromatic carbocycles. The Balaban J connectivity index is 1.96. The number of aromatic nitrogens is 3. The van der Waals surface area contributed by atoms with Crippen LogP contribution < -0.4 is 11.1 Å². The summed E-state index contributed by atoms with van der Waals surface area (Å²) < 4.78 is 5.37. The molecule has 0 bridgehead atoms. The number of rotatable bonds is 3. The molecule has 6 nitrogen and oxygen atoms in total. The van der Waals surface area contributed by atoms with E-state index in [1.807, 2.05) is 0 Å². The van der Waals surface area contributed by atoms with Crippen molar-refractivity contribution in [2.24, 2.45) is 5.41 Å². The highest BCUT2D eigenvalue weighted by atomic mass is 16.5. The van der Waals surface area contributed by atoms with E-state index in [0.717, 1.165) is 32.6 Å². The smallest absolute Gasteiger partial charge is 0.227 e. The van der Waals surface area contributed by atoms with Crippen LogP contribution >= 0.6 is 0 Å². The number of hydrogen-bond acceptors (Lipinski definition) is 6. The lowest BCUT2D eigenvalue weighted by Gasteiger charge is -2.33. The molecule has 0 saturated carbocycles. The maximum atomic E-state index is 5.58. The van der Waals surface area contributed by atoms with Crippen LogP contribution in [0.5, 0.6) is 0 Å². The van der Waals surface area contributed by atoms with Crippen LogP contribution in [-0.4, -0.2) is 34.7 Å². The summed E-state index contributed by atoms with van der Waals surface area (Å²) >= 11 is 0. The highest BCUT2D eigenvalue weighted by Crippen LogP contribution is 2.29. The van der Waals surface area contributed by atoms with E-state index in [2.05, 4.69) is 27.2 Å². The molecular formula is C11H19N5O. The molecular weight excluding hydrogens is 218 g/mol. The van der Waals surface area contributed by atoms with E-state index in [0.29, 0.717) is 11.8 Å². The molecule has 1 aliphatic heterocycles. The number of nitrogens with zero attached hydrogens (tertiary/aromatic N) is 3. The maximum absolute atomic E-state index is 5.58. The van der Waals surface area contributed by atoms with E-state index in [-0.39, 0.29) is 11.4 Å². The Bertz CT molecular complexity index is 369. The van der Waals surface area contributed by atoms with Crippen molar-refractivity contribution < 1.29 is 4.74 Å². The molecule has 1 aromatic rings. The fraction of sp³-hybridized carbons (Fsp3) is 0.727. The number of nitrogens with one attached hydrogen (secondary N) is 1. The molecule has 0 unspecified atom stereocenters. The molecule has 1 aliphatic rings. The molecule has 17 heavy (non-hydrogen) atoms. The van der Waals surface area contributed by atoms with E-state index in [1.54, 1.807) is 6.92 Å². The van der Waals surface area contributed by atoms with E-state index < -0.39 is 0 Å². The van der Waals surface area contributed by atoms with Crippen molar-refractivity contribution in [3.8, 4) is 0 Å². The van der Waals surface area contributed by atoms with Gasteiger partial charge in [-0.1, -0.05) is 6.92 Å². The minimum atomic E-state index is 0.244. The van der Waals surface area contributed by atoms with Crippen molar-refractivity contribution in [2.45, 2.75) is 26.7 Å². The fourth-order valence-corrected chi connectivity index (χ4v) is 1.92. The van der Waals surface area contributed by atoms with Gasteiger partial charge in [0.1, 0.15) is 5.82 Å². The Labute approximate surface area is 101 Å². The summed E-state index contributed by atoms with van der Waals surface area (Å²) in [6.07, 6.45) is 2.11. The predicted octanol–water partition coefficient (Wildman–Crippen LogP) is 0.991. The Hall–Kier alpha value is -1.43. The molecule has 0 aliphatic carbocycles. The van der Waals surface area contributed by atoms with Crippen molar-refractivity contribution >= 4 is 11.9 Å². The Morgan fingerprint density at radius 3 is 2.65 bits per heavy atom. The molecule has 1 aromatic heterocycles. The lowest BCUT2D eigenvalue weighted by molar-refractivity contribution is 0.0299. The highest BCUT2D eigenvalue weighted by Gasteiger charge is 2.27. The minimum Gasteiger partial charge on any atom is -0.381 e. The Kier molecular flexibility index (Phi) is 3.42. The molecule has 0 spiro atoms. The van der Waals surface area contributed by atoms with Crippen LogP contribution in [0, 0.1) is 12.3 Å². The first-order valence-corrected chi connectivity index (χ1v) is 5.87. The van der Waals surface area contributed by atoms with E-state index in [4.69, 9.17) is 10.5 Å². The van der Waals surface area contributed by atoms with Gasteiger partial charge in [0, 0.05) is 19.8 Å². The van der Waals surface area contributed by atoms with Crippen LogP contribution in [0.3, 0.4) is 0 Å². The first-order chi connectivity index (χ1) is 8.07.